The van der Waals surface area contributed by atoms with Gasteiger partial charge in [0.15, 0.2) is 0 Å². The second kappa shape index (κ2) is 8.80. The fourth-order valence-electron chi connectivity index (χ4n) is 3.22. The zero-order chi connectivity index (χ0) is 20.1. The van der Waals surface area contributed by atoms with Gasteiger partial charge in [0.25, 0.3) is 5.56 Å². The highest BCUT2D eigenvalue weighted by Gasteiger charge is 2.11. The zero-order valence-electron chi connectivity index (χ0n) is 16.6. The molecule has 6 heteroatoms. The number of nitrogens with zero attached hydrogens (tertiary/aromatic N) is 3. The number of carbonyl (C=O) groups is 1. The van der Waals surface area contributed by atoms with Gasteiger partial charge in [-0.05, 0) is 37.4 Å². The molecule has 0 saturated heterocycles. The molecule has 0 aliphatic carbocycles. The van der Waals surface area contributed by atoms with Crippen LogP contribution in [0.25, 0.3) is 10.9 Å². The highest BCUT2D eigenvalue weighted by Crippen LogP contribution is 2.11. The Morgan fingerprint density at radius 3 is 2.50 bits per heavy atom. The fourth-order valence-corrected chi connectivity index (χ4v) is 3.22. The van der Waals surface area contributed by atoms with Crippen molar-refractivity contribution in [3.05, 3.63) is 75.8 Å². The van der Waals surface area contributed by atoms with Crippen LogP contribution in [0.2, 0.25) is 0 Å². The van der Waals surface area contributed by atoms with Crippen LogP contribution in [0, 0.1) is 0 Å². The van der Waals surface area contributed by atoms with Crippen LogP contribution in [0.1, 0.15) is 23.4 Å². The summed E-state index contributed by atoms with van der Waals surface area (Å²) < 4.78 is 1.53. The SMILES string of the molecule is CN(C)Cc1ccccc1CNC(=O)CCc1nc2ccccc2c(=O)n1C. The van der Waals surface area contributed by atoms with E-state index in [-0.39, 0.29) is 17.9 Å². The van der Waals surface area contributed by atoms with Crippen molar-refractivity contribution in [3.8, 4) is 0 Å². The van der Waals surface area contributed by atoms with Gasteiger partial charge in [-0.25, -0.2) is 4.98 Å². The summed E-state index contributed by atoms with van der Waals surface area (Å²) in [7, 11) is 5.75. The maximum atomic E-state index is 12.4. The van der Waals surface area contributed by atoms with E-state index in [1.165, 1.54) is 10.1 Å². The number of para-hydroxylation sites is 1. The maximum Gasteiger partial charge on any atom is 0.261 e. The fraction of sp³-hybridized carbons (Fsp3) is 0.318. The standard InChI is InChI=1S/C22H26N4O2/c1-25(2)15-17-9-5-4-8-16(17)14-23-21(27)13-12-20-24-19-11-7-6-10-18(19)22(28)26(20)3/h4-11H,12-15H2,1-3H3,(H,23,27). The van der Waals surface area contributed by atoms with Gasteiger partial charge < -0.3 is 10.2 Å². The first-order valence-electron chi connectivity index (χ1n) is 9.38. The number of aromatic nitrogens is 2. The molecule has 6 nitrogen and oxygen atoms in total. The molecule has 0 fully saturated rings. The Morgan fingerprint density at radius 2 is 1.75 bits per heavy atom. The predicted octanol–water partition coefficient (Wildman–Crippen LogP) is 2.24. The molecule has 0 radical (unpaired) electrons. The minimum atomic E-state index is -0.0846. The monoisotopic (exact) mass is 378 g/mol. The molecule has 3 aromatic rings. The van der Waals surface area contributed by atoms with Gasteiger partial charge in [-0.15, -0.1) is 0 Å². The minimum absolute atomic E-state index is 0.0536. The molecule has 28 heavy (non-hydrogen) atoms. The average Bonchev–Trinajstić information content (AvgIpc) is 2.68. The number of carbonyl (C=O) groups excluding carboxylic acids is 1. The summed E-state index contributed by atoms with van der Waals surface area (Å²) in [4.78, 5) is 31.4. The summed E-state index contributed by atoms with van der Waals surface area (Å²) in [6.07, 6.45) is 0.705. The van der Waals surface area contributed by atoms with Crippen LogP contribution in [0.4, 0.5) is 0 Å². The van der Waals surface area contributed by atoms with Gasteiger partial charge in [0.1, 0.15) is 5.82 Å². The molecule has 0 saturated carbocycles. The summed E-state index contributed by atoms with van der Waals surface area (Å²) >= 11 is 0. The maximum absolute atomic E-state index is 12.4. The second-order valence-corrected chi connectivity index (χ2v) is 7.19. The zero-order valence-corrected chi connectivity index (χ0v) is 16.6. The van der Waals surface area contributed by atoms with Crippen molar-refractivity contribution in [2.45, 2.75) is 25.9 Å². The number of rotatable bonds is 7. The minimum Gasteiger partial charge on any atom is -0.352 e. The quantitative estimate of drug-likeness (QED) is 0.685. The molecular weight excluding hydrogens is 352 g/mol. The third-order valence-corrected chi connectivity index (χ3v) is 4.73. The number of hydrogen-bond donors (Lipinski definition) is 1. The molecule has 1 heterocycles. The van der Waals surface area contributed by atoms with Crippen molar-refractivity contribution in [3.63, 3.8) is 0 Å². The number of nitrogens with one attached hydrogen (secondary N) is 1. The lowest BCUT2D eigenvalue weighted by Crippen LogP contribution is -2.26. The van der Waals surface area contributed by atoms with E-state index in [9.17, 15) is 9.59 Å². The van der Waals surface area contributed by atoms with Gasteiger partial charge in [-0.2, -0.15) is 0 Å². The molecule has 0 atom stereocenters. The second-order valence-electron chi connectivity index (χ2n) is 7.19. The largest absolute Gasteiger partial charge is 0.352 e. The Hall–Kier alpha value is -2.99. The molecule has 1 N–H and O–H groups in total. The molecule has 3 rings (SSSR count). The number of aryl methyl sites for hydroxylation is 1. The van der Waals surface area contributed by atoms with Crippen LogP contribution in [-0.4, -0.2) is 34.5 Å². The van der Waals surface area contributed by atoms with Crippen molar-refractivity contribution in [1.82, 2.24) is 19.8 Å². The Morgan fingerprint density at radius 1 is 1.07 bits per heavy atom. The predicted molar refractivity (Wildman–Crippen MR) is 111 cm³/mol. The first kappa shape index (κ1) is 19.8. The van der Waals surface area contributed by atoms with E-state index in [0.29, 0.717) is 29.7 Å². The molecule has 2 aromatic carbocycles. The van der Waals surface area contributed by atoms with Crippen molar-refractivity contribution in [1.29, 1.82) is 0 Å². The third kappa shape index (κ3) is 4.64. The van der Waals surface area contributed by atoms with E-state index in [1.54, 1.807) is 13.1 Å². The molecule has 0 aliphatic heterocycles. The number of amides is 1. The normalized spacial score (nSPS) is 11.1. The molecule has 0 unspecified atom stereocenters. The lowest BCUT2D eigenvalue weighted by atomic mass is 10.1. The summed E-state index contributed by atoms with van der Waals surface area (Å²) in [5.74, 6) is 0.564. The highest BCUT2D eigenvalue weighted by molar-refractivity contribution is 5.78. The van der Waals surface area contributed by atoms with Gasteiger partial charge in [0, 0.05) is 33.0 Å². The van der Waals surface area contributed by atoms with Gasteiger partial charge in [-0.3, -0.25) is 14.2 Å². The van der Waals surface area contributed by atoms with Gasteiger partial charge in [0.2, 0.25) is 5.91 Å². The van der Waals surface area contributed by atoms with Gasteiger partial charge in [-0.1, -0.05) is 36.4 Å². The molecule has 146 valence electrons. The molecule has 1 amide bonds. The summed E-state index contributed by atoms with van der Waals surface area (Å²) in [5, 5.41) is 3.57. The lowest BCUT2D eigenvalue weighted by molar-refractivity contribution is -0.121. The molecule has 0 aliphatic rings. The Kier molecular flexibility index (Phi) is 6.21. The Bertz CT molecular complexity index is 1040. The average molecular weight is 378 g/mol. The molecule has 0 spiro atoms. The molecule has 0 bridgehead atoms. The Balaban J connectivity index is 1.63. The summed E-state index contributed by atoms with van der Waals surface area (Å²) in [5.41, 5.74) is 2.89. The van der Waals surface area contributed by atoms with Crippen LogP contribution < -0.4 is 10.9 Å². The van der Waals surface area contributed by atoms with Crippen molar-refractivity contribution in [2.24, 2.45) is 7.05 Å². The lowest BCUT2D eigenvalue weighted by Gasteiger charge is -2.15. The van der Waals surface area contributed by atoms with Crippen LogP contribution in [0.3, 0.4) is 0 Å². The van der Waals surface area contributed by atoms with Crippen LogP contribution in [-0.2, 0) is 31.4 Å². The van der Waals surface area contributed by atoms with Gasteiger partial charge in [0.05, 0.1) is 10.9 Å². The highest BCUT2D eigenvalue weighted by atomic mass is 16.1. The smallest absolute Gasteiger partial charge is 0.261 e. The van der Waals surface area contributed by atoms with E-state index >= 15 is 0 Å². The van der Waals surface area contributed by atoms with E-state index in [0.717, 1.165) is 12.1 Å². The molecule has 1 aromatic heterocycles. The van der Waals surface area contributed by atoms with Crippen LogP contribution in [0.15, 0.2) is 53.3 Å². The van der Waals surface area contributed by atoms with Crippen LogP contribution in [0.5, 0.6) is 0 Å². The summed E-state index contributed by atoms with van der Waals surface area (Å²) in [6, 6.07) is 15.4. The van der Waals surface area contributed by atoms with Gasteiger partial charge >= 0.3 is 0 Å². The first-order valence-corrected chi connectivity index (χ1v) is 9.38. The summed E-state index contributed by atoms with van der Waals surface area (Å²) in [6.45, 7) is 1.32. The van der Waals surface area contributed by atoms with E-state index in [2.05, 4.69) is 21.3 Å². The topological polar surface area (TPSA) is 67.2 Å². The number of benzene rings is 2. The van der Waals surface area contributed by atoms with Crippen molar-refractivity contribution < 1.29 is 4.79 Å². The Labute approximate surface area is 164 Å². The molecular formula is C22H26N4O2. The number of hydrogen-bond acceptors (Lipinski definition) is 4. The van der Waals surface area contributed by atoms with Crippen LogP contribution >= 0.6 is 0 Å². The van der Waals surface area contributed by atoms with E-state index < -0.39 is 0 Å². The van der Waals surface area contributed by atoms with Crippen molar-refractivity contribution >= 4 is 16.8 Å². The first-order chi connectivity index (χ1) is 13.5. The van der Waals surface area contributed by atoms with E-state index in [1.807, 2.05) is 50.5 Å². The van der Waals surface area contributed by atoms with Crippen molar-refractivity contribution in [2.75, 3.05) is 14.1 Å². The number of fused-ring (bicyclic) bond motifs is 1. The van der Waals surface area contributed by atoms with E-state index in [4.69, 9.17) is 0 Å². The third-order valence-electron chi connectivity index (χ3n) is 4.73.